The summed E-state index contributed by atoms with van der Waals surface area (Å²) in [5.41, 5.74) is 10.1. The summed E-state index contributed by atoms with van der Waals surface area (Å²) in [6, 6.07) is 63.2. The van der Waals surface area contributed by atoms with E-state index in [0.29, 0.717) is 0 Å². The lowest BCUT2D eigenvalue weighted by Crippen LogP contribution is -2.11. The van der Waals surface area contributed by atoms with Crippen molar-refractivity contribution in [1.82, 2.24) is 0 Å². The number of fused-ring (bicyclic) bond motifs is 8. The van der Waals surface area contributed by atoms with E-state index in [1.54, 1.807) is 0 Å². The summed E-state index contributed by atoms with van der Waals surface area (Å²) in [5.74, 6) is 0. The van der Waals surface area contributed by atoms with Crippen LogP contribution in [0.1, 0.15) is 0 Å². The normalized spacial score (nSPS) is 11.7. The summed E-state index contributed by atoms with van der Waals surface area (Å²) < 4.78 is 8.78. The van der Waals surface area contributed by atoms with Crippen molar-refractivity contribution in [3.05, 3.63) is 176 Å². The summed E-state index contributed by atoms with van der Waals surface area (Å²) in [4.78, 5) is 2.37. The summed E-state index contributed by atoms with van der Waals surface area (Å²) >= 11 is 1.85. The molecule has 0 unspecified atom stereocenters. The molecule has 230 valence electrons. The Morgan fingerprint density at radius 1 is 0.408 bits per heavy atom. The van der Waals surface area contributed by atoms with Crippen molar-refractivity contribution in [2.24, 2.45) is 0 Å². The molecule has 0 N–H and O–H groups in total. The quantitative estimate of drug-likeness (QED) is 0.186. The molecule has 0 radical (unpaired) electrons. The molecule has 2 heterocycles. The first kappa shape index (κ1) is 27.9. The molecule has 0 atom stereocenters. The van der Waals surface area contributed by atoms with Gasteiger partial charge < -0.3 is 9.32 Å². The Labute approximate surface area is 287 Å². The van der Waals surface area contributed by atoms with E-state index in [4.69, 9.17) is 4.42 Å². The Kier molecular flexibility index (Phi) is 6.39. The van der Waals surface area contributed by atoms with Gasteiger partial charge in [0.25, 0.3) is 0 Å². The van der Waals surface area contributed by atoms with Gasteiger partial charge in [0.15, 0.2) is 0 Å². The molecule has 0 bridgehead atoms. The van der Waals surface area contributed by atoms with Crippen LogP contribution in [-0.4, -0.2) is 0 Å². The topological polar surface area (TPSA) is 16.4 Å². The average Bonchev–Trinajstić information content (AvgIpc) is 3.73. The van der Waals surface area contributed by atoms with Gasteiger partial charge in [-0.05, 0) is 82.1 Å². The first-order chi connectivity index (χ1) is 24.3. The maximum Gasteiger partial charge on any atom is 0.136 e. The minimum absolute atomic E-state index is 0.936. The Morgan fingerprint density at radius 3 is 2.00 bits per heavy atom. The van der Waals surface area contributed by atoms with Crippen molar-refractivity contribution in [3.63, 3.8) is 0 Å². The third-order valence-corrected chi connectivity index (χ3v) is 10.8. The van der Waals surface area contributed by atoms with E-state index in [1.807, 2.05) is 17.4 Å². The number of nitrogens with zero attached hydrogens (tertiary/aromatic N) is 1. The zero-order valence-corrected chi connectivity index (χ0v) is 27.3. The maximum absolute atomic E-state index is 6.22. The summed E-state index contributed by atoms with van der Waals surface area (Å²) in [7, 11) is 0. The van der Waals surface area contributed by atoms with Gasteiger partial charge in [0.05, 0.1) is 5.69 Å². The van der Waals surface area contributed by atoms with Crippen molar-refractivity contribution in [2.75, 3.05) is 4.90 Å². The van der Waals surface area contributed by atoms with Gasteiger partial charge in [-0.2, -0.15) is 0 Å². The predicted octanol–water partition coefficient (Wildman–Crippen LogP) is 13.9. The van der Waals surface area contributed by atoms with Gasteiger partial charge in [-0.15, -0.1) is 11.3 Å². The van der Waals surface area contributed by atoms with Gasteiger partial charge >= 0.3 is 0 Å². The third kappa shape index (κ3) is 4.55. The van der Waals surface area contributed by atoms with E-state index in [0.717, 1.165) is 28.2 Å². The number of thiophene rings is 1. The van der Waals surface area contributed by atoms with E-state index in [2.05, 4.69) is 175 Å². The molecule has 0 amide bonds. The minimum atomic E-state index is 0.936. The first-order valence-corrected chi connectivity index (χ1v) is 17.4. The molecule has 0 spiro atoms. The fourth-order valence-corrected chi connectivity index (χ4v) is 8.58. The van der Waals surface area contributed by atoms with Crippen LogP contribution in [0.5, 0.6) is 0 Å². The van der Waals surface area contributed by atoms with Crippen LogP contribution in [0.2, 0.25) is 0 Å². The summed E-state index contributed by atoms with van der Waals surface area (Å²) in [5, 5.41) is 7.43. The van der Waals surface area contributed by atoms with Crippen LogP contribution < -0.4 is 4.90 Å². The molecule has 0 fully saturated rings. The lowest BCUT2D eigenvalue weighted by molar-refractivity contribution is 0.669. The number of hydrogen-bond donors (Lipinski definition) is 0. The lowest BCUT2D eigenvalue weighted by Gasteiger charge is -2.28. The van der Waals surface area contributed by atoms with Gasteiger partial charge in [0.2, 0.25) is 0 Å². The van der Waals surface area contributed by atoms with Crippen LogP contribution in [0.3, 0.4) is 0 Å². The second-order valence-electron chi connectivity index (χ2n) is 12.5. The van der Waals surface area contributed by atoms with Crippen LogP contribution in [-0.2, 0) is 0 Å². The number of rotatable bonds is 5. The van der Waals surface area contributed by atoms with E-state index < -0.39 is 0 Å². The van der Waals surface area contributed by atoms with E-state index >= 15 is 0 Å². The highest BCUT2D eigenvalue weighted by molar-refractivity contribution is 7.26. The van der Waals surface area contributed by atoms with Crippen LogP contribution in [0.25, 0.3) is 75.1 Å². The molecule has 0 aliphatic carbocycles. The standard InChI is InChI=1S/C46H29NOS/c1-2-13-33(14-3-1)47(40-19-8-6-16-37(40)36-18-10-12-31-11-4-5-15-35(31)36)34-24-21-30(22-25-34)32-23-26-39-44(29-32)49-43-28-27-42-45(46(39)43)38-17-7-9-20-41(38)48-42/h1-29H. The van der Waals surface area contributed by atoms with Crippen LogP contribution >= 0.6 is 11.3 Å². The highest BCUT2D eigenvalue weighted by atomic mass is 32.1. The average molecular weight is 644 g/mol. The molecule has 0 aliphatic rings. The highest BCUT2D eigenvalue weighted by Crippen LogP contribution is 2.45. The molecule has 0 aliphatic heterocycles. The zero-order chi connectivity index (χ0) is 32.3. The highest BCUT2D eigenvalue weighted by Gasteiger charge is 2.19. The third-order valence-electron chi connectivity index (χ3n) is 9.67. The van der Waals surface area contributed by atoms with E-state index in [-0.39, 0.29) is 0 Å². The van der Waals surface area contributed by atoms with Gasteiger partial charge in [0.1, 0.15) is 11.2 Å². The van der Waals surface area contributed by atoms with E-state index in [1.165, 1.54) is 64.0 Å². The molecule has 8 aromatic carbocycles. The number of anilines is 3. The van der Waals surface area contributed by atoms with E-state index in [9.17, 15) is 0 Å². The predicted molar refractivity (Wildman–Crippen MR) is 210 cm³/mol. The van der Waals surface area contributed by atoms with Crippen LogP contribution in [0, 0.1) is 0 Å². The molecule has 2 nitrogen and oxygen atoms in total. The fraction of sp³-hybridized carbons (Fsp3) is 0. The molecule has 49 heavy (non-hydrogen) atoms. The Balaban J connectivity index is 1.08. The summed E-state index contributed by atoms with van der Waals surface area (Å²) in [6.45, 7) is 0. The van der Waals surface area contributed by atoms with Crippen molar-refractivity contribution in [3.8, 4) is 22.3 Å². The SMILES string of the molecule is c1ccc(N(c2ccc(-c3ccc4c(c3)sc3ccc5oc6ccccc6c5c34)cc2)c2ccccc2-c2cccc3ccccc23)cc1. The molecular formula is C46H29NOS. The molecule has 3 heteroatoms. The molecule has 0 saturated carbocycles. The van der Waals surface area contributed by atoms with Crippen molar-refractivity contribution in [1.29, 1.82) is 0 Å². The van der Waals surface area contributed by atoms with Gasteiger partial charge in [0, 0.05) is 47.9 Å². The van der Waals surface area contributed by atoms with Crippen molar-refractivity contribution < 1.29 is 4.42 Å². The molecular weight excluding hydrogens is 615 g/mol. The Bertz CT molecular complexity index is 2820. The van der Waals surface area contributed by atoms with Gasteiger partial charge in [-0.3, -0.25) is 0 Å². The van der Waals surface area contributed by atoms with Crippen molar-refractivity contribution in [2.45, 2.75) is 0 Å². The lowest BCUT2D eigenvalue weighted by atomic mass is 9.96. The molecule has 0 saturated heterocycles. The molecule has 2 aromatic heterocycles. The number of para-hydroxylation sites is 3. The van der Waals surface area contributed by atoms with Crippen LogP contribution in [0.4, 0.5) is 17.1 Å². The van der Waals surface area contributed by atoms with Gasteiger partial charge in [-0.1, -0.05) is 121 Å². The molecule has 10 rings (SSSR count). The monoisotopic (exact) mass is 643 g/mol. The molecule has 10 aromatic rings. The first-order valence-electron chi connectivity index (χ1n) is 16.6. The second-order valence-corrected chi connectivity index (χ2v) is 13.6. The van der Waals surface area contributed by atoms with Crippen molar-refractivity contribution >= 4 is 81.3 Å². The minimum Gasteiger partial charge on any atom is -0.456 e. The largest absolute Gasteiger partial charge is 0.456 e. The number of benzene rings is 8. The Hall–Kier alpha value is -6.16. The fourth-order valence-electron chi connectivity index (χ4n) is 7.43. The van der Waals surface area contributed by atoms with Gasteiger partial charge in [-0.25, -0.2) is 0 Å². The van der Waals surface area contributed by atoms with Crippen LogP contribution in [0.15, 0.2) is 180 Å². The second kappa shape index (κ2) is 11.2. The smallest absolute Gasteiger partial charge is 0.136 e. The number of hydrogen-bond acceptors (Lipinski definition) is 3. The maximum atomic E-state index is 6.22. The Morgan fingerprint density at radius 2 is 1.10 bits per heavy atom. The summed E-state index contributed by atoms with van der Waals surface area (Å²) in [6.07, 6.45) is 0. The number of furan rings is 1. The zero-order valence-electron chi connectivity index (χ0n) is 26.5.